The van der Waals surface area contributed by atoms with E-state index in [1.54, 1.807) is 0 Å². The molecule has 0 amide bonds. The van der Waals surface area contributed by atoms with E-state index >= 15 is 0 Å². The first-order valence-electron chi connectivity index (χ1n) is 6.73. The Morgan fingerprint density at radius 1 is 0.833 bits per heavy atom. The Hall–Kier alpha value is -1.60. The minimum atomic E-state index is 0.659. The molecule has 0 saturated carbocycles. The Morgan fingerprint density at radius 3 is 2.22 bits per heavy atom. The Morgan fingerprint density at radius 2 is 1.50 bits per heavy atom. The Kier molecular flexibility index (Phi) is 3.42. The van der Waals surface area contributed by atoms with Gasteiger partial charge in [-0.2, -0.15) is 0 Å². The normalized spacial score (nSPS) is 23.1. The van der Waals surface area contributed by atoms with Crippen molar-refractivity contribution in [1.82, 2.24) is 5.32 Å². The van der Waals surface area contributed by atoms with Crippen molar-refractivity contribution in [2.24, 2.45) is 5.92 Å². The van der Waals surface area contributed by atoms with Crippen LogP contribution in [0.15, 0.2) is 60.7 Å². The Bertz CT molecular complexity index is 477. The van der Waals surface area contributed by atoms with Gasteiger partial charge in [-0.05, 0) is 30.0 Å². The van der Waals surface area contributed by atoms with Crippen LogP contribution in [0.5, 0.6) is 0 Å². The number of rotatable bonds is 3. The molecule has 1 heteroatoms. The van der Waals surface area contributed by atoms with E-state index in [0.717, 1.165) is 19.0 Å². The van der Waals surface area contributed by atoms with E-state index in [-0.39, 0.29) is 0 Å². The van der Waals surface area contributed by atoms with Gasteiger partial charge in [-0.15, -0.1) is 0 Å². The van der Waals surface area contributed by atoms with Gasteiger partial charge in [-0.25, -0.2) is 0 Å². The van der Waals surface area contributed by atoms with Crippen molar-refractivity contribution >= 4 is 0 Å². The van der Waals surface area contributed by atoms with E-state index < -0.39 is 0 Å². The first-order valence-corrected chi connectivity index (χ1v) is 6.73. The average Bonchev–Trinajstić information content (AvgIpc) is 2.89. The molecule has 1 aliphatic rings. The SMILES string of the molecule is c1ccc(CC2CNCC2c2ccccc2)cc1. The maximum Gasteiger partial charge on any atom is 0.00235 e. The van der Waals surface area contributed by atoms with E-state index in [1.807, 2.05) is 0 Å². The van der Waals surface area contributed by atoms with Crippen LogP contribution in [0.4, 0.5) is 0 Å². The molecule has 92 valence electrons. The molecule has 0 aromatic heterocycles. The van der Waals surface area contributed by atoms with Gasteiger partial charge in [-0.1, -0.05) is 60.7 Å². The second-order valence-electron chi connectivity index (χ2n) is 5.13. The van der Waals surface area contributed by atoms with Crippen molar-refractivity contribution in [1.29, 1.82) is 0 Å². The van der Waals surface area contributed by atoms with Crippen LogP contribution in [0.1, 0.15) is 17.0 Å². The summed E-state index contributed by atoms with van der Waals surface area (Å²) in [6.07, 6.45) is 1.17. The van der Waals surface area contributed by atoms with Crippen LogP contribution < -0.4 is 5.32 Å². The van der Waals surface area contributed by atoms with Crippen LogP contribution in [0.2, 0.25) is 0 Å². The van der Waals surface area contributed by atoms with Gasteiger partial charge in [0, 0.05) is 12.5 Å². The van der Waals surface area contributed by atoms with Gasteiger partial charge in [0.15, 0.2) is 0 Å². The van der Waals surface area contributed by atoms with Crippen LogP contribution in [-0.2, 0) is 6.42 Å². The van der Waals surface area contributed by atoms with Crippen LogP contribution in [0, 0.1) is 5.92 Å². The summed E-state index contributed by atoms with van der Waals surface area (Å²) in [6, 6.07) is 21.7. The zero-order valence-corrected chi connectivity index (χ0v) is 10.5. The fourth-order valence-corrected chi connectivity index (χ4v) is 2.95. The standard InChI is InChI=1S/C17H19N/c1-3-7-14(8-4-1)11-16-12-18-13-17(16)15-9-5-2-6-10-15/h1-10,16-18H,11-13H2. The highest BCUT2D eigenvalue weighted by Gasteiger charge is 2.28. The summed E-state index contributed by atoms with van der Waals surface area (Å²) in [7, 11) is 0. The lowest BCUT2D eigenvalue weighted by Gasteiger charge is -2.19. The molecule has 1 saturated heterocycles. The van der Waals surface area contributed by atoms with Gasteiger partial charge in [0.05, 0.1) is 0 Å². The van der Waals surface area contributed by atoms with E-state index in [0.29, 0.717) is 5.92 Å². The van der Waals surface area contributed by atoms with Crippen LogP contribution in [-0.4, -0.2) is 13.1 Å². The maximum absolute atomic E-state index is 3.54. The molecule has 18 heavy (non-hydrogen) atoms. The van der Waals surface area contributed by atoms with Gasteiger partial charge in [-0.3, -0.25) is 0 Å². The molecule has 0 radical (unpaired) electrons. The van der Waals surface area contributed by atoms with Crippen LogP contribution >= 0.6 is 0 Å². The predicted molar refractivity (Wildman–Crippen MR) is 75.7 cm³/mol. The molecule has 0 bridgehead atoms. The van der Waals surface area contributed by atoms with Crippen molar-refractivity contribution in [3.8, 4) is 0 Å². The summed E-state index contributed by atoms with van der Waals surface area (Å²) in [5.74, 6) is 1.38. The van der Waals surface area contributed by atoms with Gasteiger partial charge >= 0.3 is 0 Å². The summed E-state index contributed by atoms with van der Waals surface area (Å²) in [6.45, 7) is 2.25. The zero-order chi connectivity index (χ0) is 12.2. The third-order valence-corrected chi connectivity index (χ3v) is 3.91. The summed E-state index contributed by atoms with van der Waals surface area (Å²) in [5, 5.41) is 3.54. The molecule has 3 rings (SSSR count). The minimum absolute atomic E-state index is 0.659. The second-order valence-corrected chi connectivity index (χ2v) is 5.13. The second kappa shape index (κ2) is 5.36. The van der Waals surface area contributed by atoms with E-state index in [4.69, 9.17) is 0 Å². The molecule has 2 atom stereocenters. The average molecular weight is 237 g/mol. The highest BCUT2D eigenvalue weighted by Crippen LogP contribution is 2.30. The summed E-state index contributed by atoms with van der Waals surface area (Å²) < 4.78 is 0. The zero-order valence-electron chi connectivity index (χ0n) is 10.5. The fraction of sp³-hybridized carbons (Fsp3) is 0.294. The predicted octanol–water partition coefficient (Wildman–Crippen LogP) is 3.23. The number of hydrogen-bond acceptors (Lipinski definition) is 1. The topological polar surface area (TPSA) is 12.0 Å². The van der Waals surface area contributed by atoms with Crippen LogP contribution in [0.25, 0.3) is 0 Å². The van der Waals surface area contributed by atoms with Gasteiger partial charge in [0.2, 0.25) is 0 Å². The van der Waals surface area contributed by atoms with Crippen LogP contribution in [0.3, 0.4) is 0 Å². The lowest BCUT2D eigenvalue weighted by atomic mass is 9.85. The molecule has 1 nitrogen and oxygen atoms in total. The highest BCUT2D eigenvalue weighted by atomic mass is 14.9. The number of benzene rings is 2. The molecule has 1 heterocycles. The van der Waals surface area contributed by atoms with Gasteiger partial charge < -0.3 is 5.32 Å². The monoisotopic (exact) mass is 237 g/mol. The van der Waals surface area contributed by atoms with E-state index in [9.17, 15) is 0 Å². The van der Waals surface area contributed by atoms with Crippen molar-refractivity contribution < 1.29 is 0 Å². The van der Waals surface area contributed by atoms with E-state index in [1.165, 1.54) is 17.5 Å². The molecule has 1 N–H and O–H groups in total. The largest absolute Gasteiger partial charge is 0.316 e. The molecule has 1 aliphatic heterocycles. The minimum Gasteiger partial charge on any atom is -0.316 e. The van der Waals surface area contributed by atoms with E-state index in [2.05, 4.69) is 66.0 Å². The van der Waals surface area contributed by atoms with Crippen molar-refractivity contribution in [2.75, 3.05) is 13.1 Å². The smallest absolute Gasteiger partial charge is 0.00235 e. The molecule has 1 fully saturated rings. The number of nitrogens with one attached hydrogen (secondary N) is 1. The quantitative estimate of drug-likeness (QED) is 0.864. The first-order chi connectivity index (χ1) is 8.93. The lowest BCUT2D eigenvalue weighted by molar-refractivity contribution is 0.516. The molecule has 0 spiro atoms. The highest BCUT2D eigenvalue weighted by molar-refractivity contribution is 5.24. The third kappa shape index (κ3) is 2.46. The molecular weight excluding hydrogens is 218 g/mol. The molecular formula is C17H19N. The molecule has 0 aliphatic carbocycles. The Balaban J connectivity index is 1.76. The first kappa shape index (κ1) is 11.5. The van der Waals surface area contributed by atoms with Gasteiger partial charge in [0.1, 0.15) is 0 Å². The third-order valence-electron chi connectivity index (χ3n) is 3.91. The molecule has 2 unspecified atom stereocenters. The molecule has 2 aromatic carbocycles. The lowest BCUT2D eigenvalue weighted by Crippen LogP contribution is -2.13. The summed E-state index contributed by atoms with van der Waals surface area (Å²) in [5.41, 5.74) is 2.93. The Labute approximate surface area is 109 Å². The van der Waals surface area contributed by atoms with Crippen molar-refractivity contribution in [3.05, 3.63) is 71.8 Å². The summed E-state index contributed by atoms with van der Waals surface area (Å²) in [4.78, 5) is 0. The summed E-state index contributed by atoms with van der Waals surface area (Å²) >= 11 is 0. The fourth-order valence-electron chi connectivity index (χ4n) is 2.95. The van der Waals surface area contributed by atoms with Crippen molar-refractivity contribution in [2.45, 2.75) is 12.3 Å². The maximum atomic E-state index is 3.54. The van der Waals surface area contributed by atoms with Crippen molar-refractivity contribution in [3.63, 3.8) is 0 Å². The van der Waals surface area contributed by atoms with Gasteiger partial charge in [0.25, 0.3) is 0 Å². The number of hydrogen-bond donors (Lipinski definition) is 1. The molecule has 2 aromatic rings.